The minimum absolute atomic E-state index is 0.142. The Morgan fingerprint density at radius 3 is 2.52 bits per heavy atom. The van der Waals surface area contributed by atoms with Gasteiger partial charge < -0.3 is 18.8 Å². The van der Waals surface area contributed by atoms with E-state index in [-0.39, 0.29) is 17.2 Å². The molecule has 0 fully saturated rings. The highest BCUT2D eigenvalue weighted by Crippen LogP contribution is 2.49. The maximum atomic E-state index is 13.5. The van der Waals surface area contributed by atoms with E-state index >= 15 is 0 Å². The molecule has 0 aliphatic heterocycles. The van der Waals surface area contributed by atoms with E-state index in [1.165, 1.54) is 0 Å². The van der Waals surface area contributed by atoms with Crippen molar-refractivity contribution in [3.05, 3.63) is 41.9 Å². The number of oxazole rings is 1. The molecule has 0 bridgehead atoms. The van der Waals surface area contributed by atoms with E-state index < -0.39 is 7.60 Å². The Morgan fingerprint density at radius 2 is 1.93 bits per heavy atom. The highest BCUT2D eigenvalue weighted by molar-refractivity contribution is 7.62. The fourth-order valence-corrected chi connectivity index (χ4v) is 4.20. The van der Waals surface area contributed by atoms with Crippen LogP contribution in [0.3, 0.4) is 0 Å². The van der Waals surface area contributed by atoms with E-state index in [0.717, 1.165) is 0 Å². The Hall–Kier alpha value is -1.59. The average Bonchev–Trinajstić information content (AvgIpc) is 3.10. The molecule has 0 aliphatic rings. The quantitative estimate of drug-likeness (QED) is 0.275. The normalized spacial score (nSPS) is 11.5. The summed E-state index contributed by atoms with van der Waals surface area (Å²) in [6, 6.07) is 7.18. The first-order valence-electron chi connectivity index (χ1n) is 9.05. The first-order chi connectivity index (χ1) is 13.1. The summed E-state index contributed by atoms with van der Waals surface area (Å²) in [6.45, 7) is 8.71. The third-order valence-corrected chi connectivity index (χ3v) is 5.73. The van der Waals surface area contributed by atoms with Crippen LogP contribution >= 0.6 is 19.2 Å². The zero-order chi connectivity index (χ0) is 19.7. The third-order valence-electron chi connectivity index (χ3n) is 3.54. The topological polar surface area (TPSA) is 73.6 Å². The van der Waals surface area contributed by atoms with Gasteiger partial charge in [-0.25, -0.2) is 0 Å². The zero-order valence-electron chi connectivity index (χ0n) is 15.7. The molecule has 1 N–H and O–H groups in total. The van der Waals surface area contributed by atoms with Crippen molar-refractivity contribution < 1.29 is 18.0 Å². The van der Waals surface area contributed by atoms with Crippen LogP contribution in [0.5, 0.6) is 0 Å². The molecule has 2 aromatic rings. The van der Waals surface area contributed by atoms with Gasteiger partial charge in [-0.05, 0) is 31.4 Å². The summed E-state index contributed by atoms with van der Waals surface area (Å²) in [6.07, 6.45) is 3.89. The number of aromatic nitrogens is 1. The second-order valence-electron chi connectivity index (χ2n) is 5.82. The Labute approximate surface area is 165 Å². The number of benzene rings is 1. The lowest BCUT2D eigenvalue weighted by atomic mass is 10.2. The van der Waals surface area contributed by atoms with Gasteiger partial charge in [-0.2, -0.15) is 4.98 Å². The molecule has 0 radical (unpaired) electrons. The molecule has 1 aromatic carbocycles. The van der Waals surface area contributed by atoms with Crippen molar-refractivity contribution in [1.29, 1.82) is 0 Å². The maximum Gasteiger partial charge on any atom is 0.385 e. The molecule has 2 rings (SSSR count). The second kappa shape index (κ2) is 10.7. The molecule has 0 atom stereocenters. The molecule has 0 aliphatic carbocycles. The molecular formula is C19H26ClN2O4P. The summed E-state index contributed by atoms with van der Waals surface area (Å²) >= 11 is 6.26. The largest absolute Gasteiger partial charge is 0.420 e. The Kier molecular flexibility index (Phi) is 8.58. The second-order valence-corrected chi connectivity index (χ2v) is 8.16. The number of nitrogens with zero attached hydrogens (tertiary/aromatic N) is 1. The van der Waals surface area contributed by atoms with Crippen molar-refractivity contribution in [3.63, 3.8) is 0 Å². The van der Waals surface area contributed by atoms with Crippen LogP contribution in [-0.2, 0) is 13.6 Å². The maximum absolute atomic E-state index is 13.5. The van der Waals surface area contributed by atoms with Crippen molar-refractivity contribution in [1.82, 2.24) is 4.98 Å². The van der Waals surface area contributed by atoms with Crippen molar-refractivity contribution in [2.45, 2.75) is 33.1 Å². The number of rotatable bonds is 12. The van der Waals surface area contributed by atoms with Crippen LogP contribution in [0.4, 0.5) is 5.88 Å². The van der Waals surface area contributed by atoms with E-state index in [9.17, 15) is 4.57 Å². The smallest absolute Gasteiger partial charge is 0.385 e. The fraction of sp³-hybridized carbons (Fsp3) is 0.421. The standard InChI is InChI=1S/C19H26ClN2O4P/c1-4-7-12-21-18-19(27(23,24-13-5-2)25-14-6-3)22-17(26-18)15-10-8-9-11-16(15)20/h4,8-11,21H,1,5-7,12-14H2,2-3H3. The Bertz CT molecular complexity index is 782. The summed E-state index contributed by atoms with van der Waals surface area (Å²) in [4.78, 5) is 4.45. The van der Waals surface area contributed by atoms with Gasteiger partial charge in [0.1, 0.15) is 0 Å². The molecule has 0 saturated heterocycles. The molecule has 1 heterocycles. The first-order valence-corrected chi connectivity index (χ1v) is 11.0. The summed E-state index contributed by atoms with van der Waals surface area (Å²) in [5.41, 5.74) is 0.748. The van der Waals surface area contributed by atoms with Gasteiger partial charge >= 0.3 is 7.60 Å². The molecular weight excluding hydrogens is 387 g/mol. The summed E-state index contributed by atoms with van der Waals surface area (Å²) in [5.74, 6) is 0.527. The van der Waals surface area contributed by atoms with E-state index in [1.54, 1.807) is 18.2 Å². The van der Waals surface area contributed by atoms with E-state index in [4.69, 9.17) is 25.1 Å². The fourth-order valence-electron chi connectivity index (χ4n) is 2.23. The molecule has 27 heavy (non-hydrogen) atoms. The number of anilines is 1. The first kappa shape index (κ1) is 21.7. The monoisotopic (exact) mass is 412 g/mol. The van der Waals surface area contributed by atoms with Gasteiger partial charge in [0.25, 0.3) is 0 Å². The molecule has 0 amide bonds. The summed E-state index contributed by atoms with van der Waals surface area (Å²) < 4.78 is 30.5. The number of halogens is 1. The molecule has 6 nitrogen and oxygen atoms in total. The SMILES string of the molecule is C=CCCNc1oc(-c2ccccc2Cl)nc1P(=O)(OCCC)OCCC. The molecule has 8 heteroatoms. The third kappa shape index (κ3) is 5.69. The highest BCUT2D eigenvalue weighted by Gasteiger charge is 2.36. The number of hydrogen-bond acceptors (Lipinski definition) is 6. The van der Waals surface area contributed by atoms with Gasteiger partial charge in [0, 0.05) is 6.54 Å². The predicted molar refractivity (Wildman–Crippen MR) is 110 cm³/mol. The van der Waals surface area contributed by atoms with Crippen LogP contribution in [0.15, 0.2) is 41.3 Å². The van der Waals surface area contributed by atoms with Crippen LogP contribution in [0.2, 0.25) is 5.02 Å². The average molecular weight is 413 g/mol. The predicted octanol–water partition coefficient (Wildman–Crippen LogP) is 5.65. The number of hydrogen-bond donors (Lipinski definition) is 1. The molecule has 148 valence electrons. The van der Waals surface area contributed by atoms with Gasteiger partial charge in [0.05, 0.1) is 23.8 Å². The van der Waals surface area contributed by atoms with Crippen molar-refractivity contribution in [2.24, 2.45) is 0 Å². The van der Waals surface area contributed by atoms with Crippen LogP contribution in [0, 0.1) is 0 Å². The van der Waals surface area contributed by atoms with Crippen LogP contribution in [0.1, 0.15) is 33.1 Å². The van der Waals surface area contributed by atoms with Gasteiger partial charge in [-0.15, -0.1) is 6.58 Å². The zero-order valence-corrected chi connectivity index (χ0v) is 17.4. The number of nitrogens with one attached hydrogen (secondary N) is 1. The summed E-state index contributed by atoms with van der Waals surface area (Å²) in [7, 11) is -3.64. The minimum Gasteiger partial charge on any atom is -0.420 e. The van der Waals surface area contributed by atoms with Crippen LogP contribution < -0.4 is 10.8 Å². The lowest BCUT2D eigenvalue weighted by Gasteiger charge is -2.16. The molecule has 0 spiro atoms. The molecule has 0 saturated carbocycles. The van der Waals surface area contributed by atoms with Crippen molar-refractivity contribution in [3.8, 4) is 11.5 Å². The van der Waals surface area contributed by atoms with Crippen LogP contribution in [0.25, 0.3) is 11.5 Å². The van der Waals surface area contributed by atoms with E-state index in [0.29, 0.717) is 49.6 Å². The van der Waals surface area contributed by atoms with Gasteiger partial charge in [0.15, 0.2) is 0 Å². The van der Waals surface area contributed by atoms with Gasteiger partial charge in [-0.1, -0.05) is 43.7 Å². The molecule has 0 unspecified atom stereocenters. The van der Waals surface area contributed by atoms with Crippen LogP contribution in [-0.4, -0.2) is 24.7 Å². The molecule has 1 aromatic heterocycles. The lowest BCUT2D eigenvalue weighted by Crippen LogP contribution is -2.17. The van der Waals surface area contributed by atoms with Gasteiger partial charge in [-0.3, -0.25) is 4.57 Å². The Balaban J connectivity index is 2.47. The summed E-state index contributed by atoms with van der Waals surface area (Å²) in [5, 5.41) is 3.59. The minimum atomic E-state index is -3.64. The van der Waals surface area contributed by atoms with E-state index in [2.05, 4.69) is 16.9 Å². The Morgan fingerprint density at radius 1 is 1.26 bits per heavy atom. The van der Waals surface area contributed by atoms with Crippen molar-refractivity contribution >= 4 is 30.5 Å². The lowest BCUT2D eigenvalue weighted by molar-refractivity contribution is 0.213. The van der Waals surface area contributed by atoms with Gasteiger partial charge in [0.2, 0.25) is 17.2 Å². The van der Waals surface area contributed by atoms with E-state index in [1.807, 2.05) is 26.0 Å². The van der Waals surface area contributed by atoms with Crippen molar-refractivity contribution in [2.75, 3.05) is 25.1 Å². The highest BCUT2D eigenvalue weighted by atomic mass is 35.5.